The third-order valence-corrected chi connectivity index (χ3v) is 5.65. The summed E-state index contributed by atoms with van der Waals surface area (Å²) >= 11 is 5.27. The Morgan fingerprint density at radius 3 is 2.41 bits per heavy atom. The van der Waals surface area contributed by atoms with Crippen molar-refractivity contribution in [3.8, 4) is 0 Å². The molecule has 2 rings (SSSR count). The van der Waals surface area contributed by atoms with Crippen LogP contribution in [0.4, 0.5) is 0 Å². The summed E-state index contributed by atoms with van der Waals surface area (Å²) in [7, 11) is 1.81. The van der Waals surface area contributed by atoms with Crippen LogP contribution in [0, 0.1) is 0 Å². The van der Waals surface area contributed by atoms with Crippen molar-refractivity contribution >= 4 is 27.3 Å². The van der Waals surface area contributed by atoms with E-state index in [1.54, 1.807) is 11.3 Å². The molecule has 1 aromatic rings. The highest BCUT2D eigenvalue weighted by Crippen LogP contribution is 2.41. The first-order valence-corrected chi connectivity index (χ1v) is 7.95. The zero-order valence-corrected chi connectivity index (χ0v) is 12.6. The predicted octanol–water partition coefficient (Wildman–Crippen LogP) is 4.25. The number of hydrogen-bond acceptors (Lipinski definition) is 3. The van der Waals surface area contributed by atoms with Crippen molar-refractivity contribution in [1.82, 2.24) is 0 Å². The molecule has 1 aromatic heterocycles. The number of hydrogen-bond donors (Lipinski definition) is 1. The molecule has 4 heteroatoms. The summed E-state index contributed by atoms with van der Waals surface area (Å²) in [5, 5.41) is 4.23. The van der Waals surface area contributed by atoms with E-state index < -0.39 is 0 Å². The second-order valence-electron chi connectivity index (χ2n) is 4.84. The van der Waals surface area contributed by atoms with Gasteiger partial charge in [0.1, 0.15) is 0 Å². The summed E-state index contributed by atoms with van der Waals surface area (Å²) < 4.78 is 6.98. The summed E-state index contributed by atoms with van der Waals surface area (Å²) in [5.74, 6) is 0. The third-order valence-electron chi connectivity index (χ3n) is 3.90. The monoisotopic (exact) mass is 317 g/mol. The fourth-order valence-corrected chi connectivity index (χ4v) is 4.35. The van der Waals surface area contributed by atoms with Gasteiger partial charge in [0.2, 0.25) is 0 Å². The van der Waals surface area contributed by atoms with E-state index in [0.29, 0.717) is 0 Å². The van der Waals surface area contributed by atoms with Crippen LogP contribution in [0.2, 0.25) is 0 Å². The summed E-state index contributed by atoms with van der Waals surface area (Å²) in [5.41, 5.74) is 7.51. The van der Waals surface area contributed by atoms with E-state index >= 15 is 0 Å². The zero-order valence-electron chi connectivity index (χ0n) is 10.2. The lowest BCUT2D eigenvalue weighted by molar-refractivity contribution is -0.0442. The fourth-order valence-electron chi connectivity index (χ4n) is 2.77. The molecule has 1 saturated carbocycles. The van der Waals surface area contributed by atoms with Gasteiger partial charge in [-0.25, -0.2) is 0 Å². The quantitative estimate of drug-likeness (QED) is 0.846. The van der Waals surface area contributed by atoms with Crippen molar-refractivity contribution in [3.05, 3.63) is 20.8 Å². The summed E-state index contributed by atoms with van der Waals surface area (Å²) in [6.45, 7) is 0. The van der Waals surface area contributed by atoms with Crippen molar-refractivity contribution in [2.24, 2.45) is 5.73 Å². The minimum Gasteiger partial charge on any atom is -0.376 e. The first-order valence-electron chi connectivity index (χ1n) is 6.22. The van der Waals surface area contributed by atoms with Crippen LogP contribution in [0.5, 0.6) is 0 Å². The highest BCUT2D eigenvalue weighted by molar-refractivity contribution is 9.10. The molecule has 1 atom stereocenters. The molecule has 1 aliphatic rings. The normalized spacial score (nSPS) is 22.1. The number of nitrogens with two attached hydrogens (primary N) is 1. The molecule has 17 heavy (non-hydrogen) atoms. The number of halogens is 1. The van der Waals surface area contributed by atoms with Crippen molar-refractivity contribution in [3.63, 3.8) is 0 Å². The molecule has 1 heterocycles. The van der Waals surface area contributed by atoms with E-state index in [0.717, 1.165) is 17.3 Å². The molecule has 2 nitrogen and oxygen atoms in total. The lowest BCUT2D eigenvalue weighted by Crippen LogP contribution is -2.42. The van der Waals surface area contributed by atoms with Crippen LogP contribution in [0.15, 0.2) is 15.2 Å². The Bertz CT molecular complexity index is 358. The molecule has 0 saturated heterocycles. The minimum atomic E-state index is -0.167. The Hall–Kier alpha value is 0.100. The molecule has 0 radical (unpaired) electrons. The molecular weight excluding hydrogens is 298 g/mol. The topological polar surface area (TPSA) is 35.2 Å². The van der Waals surface area contributed by atoms with E-state index in [-0.39, 0.29) is 11.6 Å². The van der Waals surface area contributed by atoms with Gasteiger partial charge >= 0.3 is 0 Å². The Morgan fingerprint density at radius 2 is 1.94 bits per heavy atom. The van der Waals surface area contributed by atoms with Crippen LogP contribution >= 0.6 is 27.3 Å². The lowest BCUT2D eigenvalue weighted by atomic mass is 9.83. The highest BCUT2D eigenvalue weighted by Gasteiger charge is 2.38. The summed E-state index contributed by atoms with van der Waals surface area (Å²) in [6, 6.07) is -0.0220. The summed E-state index contributed by atoms with van der Waals surface area (Å²) in [4.78, 5) is 0. The van der Waals surface area contributed by atoms with Gasteiger partial charge in [0.25, 0.3) is 0 Å². The van der Waals surface area contributed by atoms with Crippen LogP contribution in [-0.2, 0) is 4.74 Å². The van der Waals surface area contributed by atoms with Crippen molar-refractivity contribution < 1.29 is 4.74 Å². The maximum absolute atomic E-state index is 6.48. The van der Waals surface area contributed by atoms with Gasteiger partial charge in [-0.1, -0.05) is 25.7 Å². The Kier molecular flexibility index (Phi) is 4.64. The minimum absolute atomic E-state index is 0.0220. The zero-order chi connectivity index (χ0) is 12.3. The average molecular weight is 318 g/mol. The molecule has 0 spiro atoms. The van der Waals surface area contributed by atoms with E-state index in [1.807, 2.05) is 7.11 Å². The maximum Gasteiger partial charge on any atom is 0.0871 e. The van der Waals surface area contributed by atoms with Crippen molar-refractivity contribution in [2.75, 3.05) is 7.11 Å². The summed E-state index contributed by atoms with van der Waals surface area (Å²) in [6.07, 6.45) is 7.22. The second kappa shape index (κ2) is 5.83. The van der Waals surface area contributed by atoms with Gasteiger partial charge in [-0.15, -0.1) is 0 Å². The van der Waals surface area contributed by atoms with Gasteiger partial charge in [-0.3, -0.25) is 0 Å². The van der Waals surface area contributed by atoms with Gasteiger partial charge < -0.3 is 10.5 Å². The van der Waals surface area contributed by atoms with E-state index in [1.165, 1.54) is 31.2 Å². The smallest absolute Gasteiger partial charge is 0.0871 e. The molecule has 96 valence electrons. The van der Waals surface area contributed by atoms with Crippen LogP contribution < -0.4 is 5.73 Å². The molecule has 0 aliphatic heterocycles. The van der Waals surface area contributed by atoms with Crippen LogP contribution in [-0.4, -0.2) is 12.7 Å². The third kappa shape index (κ3) is 2.75. The Labute approximate surface area is 116 Å². The standard InChI is InChI=1S/C13H20BrNOS/c1-16-13(6-4-2-3-5-7-13)12(15)10-8-17-9-11(10)14/h8-9,12H,2-7,15H2,1H3. The van der Waals surface area contributed by atoms with Gasteiger partial charge in [0, 0.05) is 17.0 Å². The van der Waals surface area contributed by atoms with Crippen LogP contribution in [0.25, 0.3) is 0 Å². The molecule has 0 bridgehead atoms. The molecule has 0 aromatic carbocycles. The SMILES string of the molecule is COC1(C(N)c2cscc2Br)CCCCCC1. The Balaban J connectivity index is 2.24. The molecule has 0 amide bonds. The van der Waals surface area contributed by atoms with Crippen LogP contribution in [0.3, 0.4) is 0 Å². The number of rotatable bonds is 3. The fraction of sp³-hybridized carbons (Fsp3) is 0.692. The largest absolute Gasteiger partial charge is 0.376 e. The number of methoxy groups -OCH3 is 1. The molecule has 1 aliphatic carbocycles. The molecule has 2 N–H and O–H groups in total. The van der Waals surface area contributed by atoms with E-state index in [2.05, 4.69) is 26.7 Å². The van der Waals surface area contributed by atoms with Crippen molar-refractivity contribution in [1.29, 1.82) is 0 Å². The van der Waals surface area contributed by atoms with Crippen LogP contribution in [0.1, 0.15) is 50.1 Å². The van der Waals surface area contributed by atoms with Gasteiger partial charge in [-0.2, -0.15) is 11.3 Å². The molecule has 1 unspecified atom stereocenters. The van der Waals surface area contributed by atoms with Gasteiger partial charge in [-0.05, 0) is 39.7 Å². The average Bonchev–Trinajstić information content (AvgIpc) is 2.64. The molecule has 1 fully saturated rings. The van der Waals surface area contributed by atoms with Gasteiger partial charge in [0.05, 0.1) is 11.6 Å². The predicted molar refractivity (Wildman–Crippen MR) is 76.4 cm³/mol. The van der Waals surface area contributed by atoms with Gasteiger partial charge in [0.15, 0.2) is 0 Å². The van der Waals surface area contributed by atoms with E-state index in [9.17, 15) is 0 Å². The maximum atomic E-state index is 6.48. The second-order valence-corrected chi connectivity index (χ2v) is 6.43. The number of thiophene rings is 1. The Morgan fingerprint density at radius 1 is 1.29 bits per heavy atom. The number of ether oxygens (including phenoxy) is 1. The van der Waals surface area contributed by atoms with Crippen molar-refractivity contribution in [2.45, 2.75) is 50.2 Å². The van der Waals surface area contributed by atoms with E-state index in [4.69, 9.17) is 10.5 Å². The first kappa shape index (κ1) is 13.5. The first-order chi connectivity index (χ1) is 8.19. The highest BCUT2D eigenvalue weighted by atomic mass is 79.9. The lowest BCUT2D eigenvalue weighted by Gasteiger charge is -2.37. The molecular formula is C13H20BrNOS.